The Kier molecular flexibility index (Phi) is 5.61. The maximum atomic E-state index is 13.4. The number of fused-ring (bicyclic) bond motifs is 1. The van der Waals surface area contributed by atoms with Gasteiger partial charge in [-0.1, -0.05) is 24.3 Å². The van der Waals surface area contributed by atoms with Gasteiger partial charge in [0.25, 0.3) is 11.8 Å². The minimum Gasteiger partial charge on any atom is -0.355 e. The Labute approximate surface area is 192 Å². The average Bonchev–Trinajstić information content (AvgIpc) is 3.56. The van der Waals surface area contributed by atoms with Crippen LogP contribution in [0.2, 0.25) is 0 Å². The molecule has 1 fully saturated rings. The molecule has 1 atom stereocenters. The molecule has 168 valence electrons. The summed E-state index contributed by atoms with van der Waals surface area (Å²) < 4.78 is 19.1. The fourth-order valence-electron chi connectivity index (χ4n) is 3.86. The molecule has 0 aliphatic carbocycles. The Hall–Kier alpha value is -3.63. The number of aromatic nitrogens is 3. The van der Waals surface area contributed by atoms with Crippen LogP contribution < -0.4 is 5.32 Å². The Bertz CT molecular complexity index is 1330. The number of carbonyl (C=O) groups is 2. The molecule has 1 aliphatic heterocycles. The van der Waals surface area contributed by atoms with Gasteiger partial charge in [-0.25, -0.2) is 9.37 Å². The number of hydrogen-bond donors (Lipinski definition) is 2. The number of nitrogens with one attached hydrogen (secondary N) is 2. The third-order valence-electron chi connectivity index (χ3n) is 5.45. The molecule has 4 aromatic rings. The molecule has 1 unspecified atom stereocenters. The van der Waals surface area contributed by atoms with Crippen molar-refractivity contribution in [2.45, 2.75) is 13.2 Å². The van der Waals surface area contributed by atoms with Crippen molar-refractivity contribution in [2.75, 3.05) is 19.7 Å². The predicted octanol–water partition coefficient (Wildman–Crippen LogP) is 3.36. The van der Waals surface area contributed by atoms with Gasteiger partial charge in [-0.2, -0.15) is 5.10 Å². The standard InChI is InChI=1S/C23H20FN5O3S/c1-13-27-20(21(33-13)14-5-7-16(24)8-6-14)23(31)29-9-10-32-18(29)12-25-22(30)17-4-2-3-15-11-26-28-19(15)17/h2-8,11,18H,9-10,12H2,1H3,(H,25,30)(H,26,28). The van der Waals surface area contributed by atoms with Gasteiger partial charge >= 0.3 is 0 Å². The second kappa shape index (κ2) is 8.72. The van der Waals surface area contributed by atoms with E-state index in [4.69, 9.17) is 4.74 Å². The molecular formula is C23H20FN5O3S. The summed E-state index contributed by atoms with van der Waals surface area (Å²) in [6.07, 6.45) is 1.03. The highest BCUT2D eigenvalue weighted by molar-refractivity contribution is 7.15. The minimum atomic E-state index is -0.620. The highest BCUT2D eigenvalue weighted by atomic mass is 32.1. The van der Waals surface area contributed by atoms with Crippen LogP contribution in [0, 0.1) is 12.7 Å². The molecule has 0 bridgehead atoms. The van der Waals surface area contributed by atoms with Crippen molar-refractivity contribution in [2.24, 2.45) is 0 Å². The van der Waals surface area contributed by atoms with E-state index in [-0.39, 0.29) is 24.2 Å². The fourth-order valence-corrected chi connectivity index (χ4v) is 4.78. The topological polar surface area (TPSA) is 100 Å². The Morgan fingerprint density at radius 1 is 1.27 bits per heavy atom. The molecule has 0 saturated carbocycles. The number of hydrogen-bond acceptors (Lipinski definition) is 6. The van der Waals surface area contributed by atoms with Gasteiger partial charge in [0.05, 0.1) is 40.3 Å². The van der Waals surface area contributed by atoms with E-state index in [1.807, 2.05) is 13.0 Å². The van der Waals surface area contributed by atoms with Crippen molar-refractivity contribution >= 4 is 34.1 Å². The lowest BCUT2D eigenvalue weighted by atomic mass is 10.1. The molecule has 2 amide bonds. The summed E-state index contributed by atoms with van der Waals surface area (Å²) in [5, 5.41) is 11.2. The highest BCUT2D eigenvalue weighted by Crippen LogP contribution is 2.32. The number of aryl methyl sites for hydroxylation is 1. The van der Waals surface area contributed by atoms with Crippen molar-refractivity contribution < 1.29 is 18.7 Å². The molecule has 8 nitrogen and oxygen atoms in total. The van der Waals surface area contributed by atoms with Crippen LogP contribution in [0.5, 0.6) is 0 Å². The second-order valence-corrected chi connectivity index (χ2v) is 8.79. The molecule has 33 heavy (non-hydrogen) atoms. The van der Waals surface area contributed by atoms with E-state index in [0.717, 1.165) is 16.0 Å². The molecule has 1 saturated heterocycles. The van der Waals surface area contributed by atoms with Gasteiger partial charge in [0.1, 0.15) is 17.7 Å². The van der Waals surface area contributed by atoms with Crippen molar-refractivity contribution in [3.8, 4) is 10.4 Å². The Morgan fingerprint density at radius 2 is 2.09 bits per heavy atom. The first-order valence-corrected chi connectivity index (χ1v) is 11.2. The van der Waals surface area contributed by atoms with E-state index < -0.39 is 6.23 Å². The van der Waals surface area contributed by atoms with Crippen molar-refractivity contribution in [1.29, 1.82) is 0 Å². The molecule has 2 aromatic heterocycles. The lowest BCUT2D eigenvalue weighted by Crippen LogP contribution is -2.44. The smallest absolute Gasteiger partial charge is 0.276 e. The number of carbonyl (C=O) groups excluding carboxylic acids is 2. The Morgan fingerprint density at radius 3 is 2.91 bits per heavy atom. The zero-order valence-corrected chi connectivity index (χ0v) is 18.5. The van der Waals surface area contributed by atoms with Gasteiger partial charge < -0.3 is 15.0 Å². The molecule has 2 N–H and O–H groups in total. The number of nitrogens with zero attached hydrogens (tertiary/aromatic N) is 3. The number of amides is 2. The monoisotopic (exact) mass is 465 g/mol. The number of benzene rings is 2. The fraction of sp³-hybridized carbons (Fsp3) is 0.217. The largest absolute Gasteiger partial charge is 0.355 e. The summed E-state index contributed by atoms with van der Waals surface area (Å²) in [6, 6.07) is 11.3. The molecule has 1 aliphatic rings. The van der Waals surface area contributed by atoms with Gasteiger partial charge in [-0.3, -0.25) is 14.7 Å². The van der Waals surface area contributed by atoms with Crippen LogP contribution >= 0.6 is 11.3 Å². The first kappa shape index (κ1) is 21.2. The van der Waals surface area contributed by atoms with E-state index in [1.165, 1.54) is 23.5 Å². The van der Waals surface area contributed by atoms with Gasteiger partial charge in [0.2, 0.25) is 0 Å². The normalized spacial score (nSPS) is 15.8. The molecule has 0 radical (unpaired) electrons. The third-order valence-corrected chi connectivity index (χ3v) is 6.47. The number of rotatable bonds is 5. The number of ether oxygens (including phenoxy) is 1. The maximum Gasteiger partial charge on any atom is 0.276 e. The quantitative estimate of drug-likeness (QED) is 0.471. The zero-order valence-electron chi connectivity index (χ0n) is 17.7. The van der Waals surface area contributed by atoms with Crippen LogP contribution in [0.3, 0.4) is 0 Å². The molecule has 5 rings (SSSR count). The van der Waals surface area contributed by atoms with Gasteiger partial charge in [0.15, 0.2) is 0 Å². The van der Waals surface area contributed by atoms with E-state index >= 15 is 0 Å². The van der Waals surface area contributed by atoms with E-state index in [0.29, 0.717) is 34.8 Å². The summed E-state index contributed by atoms with van der Waals surface area (Å²) in [7, 11) is 0. The van der Waals surface area contributed by atoms with Crippen LogP contribution in [0.15, 0.2) is 48.7 Å². The minimum absolute atomic E-state index is 0.129. The lowest BCUT2D eigenvalue weighted by Gasteiger charge is -2.23. The van der Waals surface area contributed by atoms with Gasteiger partial charge in [0, 0.05) is 11.9 Å². The summed E-state index contributed by atoms with van der Waals surface area (Å²) in [5.41, 5.74) is 2.14. The highest BCUT2D eigenvalue weighted by Gasteiger charge is 2.33. The molecular weight excluding hydrogens is 445 g/mol. The van der Waals surface area contributed by atoms with E-state index in [1.54, 1.807) is 35.4 Å². The predicted molar refractivity (Wildman–Crippen MR) is 121 cm³/mol. The van der Waals surface area contributed by atoms with Crippen molar-refractivity contribution in [3.63, 3.8) is 0 Å². The second-order valence-electron chi connectivity index (χ2n) is 7.59. The van der Waals surface area contributed by atoms with Crippen LogP contribution in [-0.4, -0.2) is 57.8 Å². The zero-order chi connectivity index (χ0) is 22.9. The average molecular weight is 466 g/mol. The number of para-hydroxylation sites is 1. The van der Waals surface area contributed by atoms with Crippen LogP contribution in [0.1, 0.15) is 25.9 Å². The summed E-state index contributed by atoms with van der Waals surface area (Å²) >= 11 is 1.38. The van der Waals surface area contributed by atoms with Crippen molar-refractivity contribution in [3.05, 3.63) is 70.7 Å². The lowest BCUT2D eigenvalue weighted by molar-refractivity contribution is 0.0277. The number of thiazole rings is 1. The number of halogens is 1. The Balaban J connectivity index is 1.33. The van der Waals surface area contributed by atoms with Crippen LogP contribution in [0.25, 0.3) is 21.3 Å². The first-order chi connectivity index (χ1) is 16.0. The molecule has 10 heteroatoms. The van der Waals surface area contributed by atoms with Crippen LogP contribution in [0.4, 0.5) is 4.39 Å². The summed E-state index contributed by atoms with van der Waals surface area (Å²) in [5.74, 6) is -0.919. The summed E-state index contributed by atoms with van der Waals surface area (Å²) in [6.45, 7) is 2.69. The SMILES string of the molecule is Cc1nc(C(=O)N2CCOC2CNC(=O)c2cccc3cn[nH]c23)c(-c2ccc(F)cc2)s1. The van der Waals surface area contributed by atoms with Gasteiger partial charge in [-0.05, 0) is 30.7 Å². The number of H-pyrrole nitrogens is 1. The summed E-state index contributed by atoms with van der Waals surface area (Å²) in [4.78, 5) is 32.8. The van der Waals surface area contributed by atoms with Gasteiger partial charge in [-0.15, -0.1) is 11.3 Å². The van der Waals surface area contributed by atoms with E-state index in [9.17, 15) is 14.0 Å². The first-order valence-electron chi connectivity index (χ1n) is 10.4. The molecule has 2 aromatic carbocycles. The third kappa shape index (κ3) is 4.10. The molecule has 0 spiro atoms. The van der Waals surface area contributed by atoms with E-state index in [2.05, 4.69) is 20.5 Å². The van der Waals surface area contributed by atoms with Crippen LogP contribution in [-0.2, 0) is 4.74 Å². The van der Waals surface area contributed by atoms with Crippen molar-refractivity contribution in [1.82, 2.24) is 25.4 Å². The molecule has 3 heterocycles. The number of aromatic amines is 1. The maximum absolute atomic E-state index is 13.4.